The second-order valence-electron chi connectivity index (χ2n) is 3.13. The third-order valence-corrected chi connectivity index (χ3v) is 2.17. The quantitative estimate of drug-likeness (QED) is 0.815. The summed E-state index contributed by atoms with van der Waals surface area (Å²) < 4.78 is 0. The lowest BCUT2D eigenvalue weighted by atomic mass is 10.1. The van der Waals surface area contributed by atoms with Gasteiger partial charge in [0.25, 0.3) is 0 Å². The smallest absolute Gasteiger partial charge is 0.336 e. The second-order valence-corrected chi connectivity index (χ2v) is 3.54. The lowest BCUT2D eigenvalue weighted by Crippen LogP contribution is -2.08. The summed E-state index contributed by atoms with van der Waals surface area (Å²) in [6.45, 7) is 3.00. The maximum absolute atomic E-state index is 10.8. The van der Waals surface area contributed by atoms with Crippen molar-refractivity contribution in [1.29, 1.82) is 0 Å². The zero-order valence-corrected chi connectivity index (χ0v) is 9.05. The predicted molar refractivity (Wildman–Crippen MR) is 57.5 cm³/mol. The number of anilines is 1. The van der Waals surface area contributed by atoms with Crippen molar-refractivity contribution in [3.63, 3.8) is 0 Å². The molecule has 0 saturated carbocycles. The highest BCUT2D eigenvalue weighted by Crippen LogP contribution is 2.25. The number of nitrogens with one attached hydrogen (secondary N) is 1. The van der Waals surface area contributed by atoms with Crippen LogP contribution < -0.4 is 5.32 Å². The number of amides is 1. The van der Waals surface area contributed by atoms with Gasteiger partial charge in [0.1, 0.15) is 0 Å². The fourth-order valence-corrected chi connectivity index (χ4v) is 1.41. The van der Waals surface area contributed by atoms with Gasteiger partial charge >= 0.3 is 5.97 Å². The van der Waals surface area contributed by atoms with Gasteiger partial charge in [-0.1, -0.05) is 11.6 Å². The van der Waals surface area contributed by atoms with Crippen molar-refractivity contribution in [2.45, 2.75) is 13.8 Å². The molecular formula is C10H10ClNO3. The molecule has 80 valence electrons. The number of carboxylic acid groups (broad SMARTS) is 1. The van der Waals surface area contributed by atoms with E-state index in [0.29, 0.717) is 11.3 Å². The number of carbonyl (C=O) groups excluding carboxylic acids is 1. The number of benzene rings is 1. The fraction of sp³-hybridized carbons (Fsp3) is 0.200. The standard InChI is InChI=1S/C10H10ClNO3/c1-5-3-9(12-6(2)13)8(11)4-7(5)10(14)15/h3-4H,1-2H3,(H,12,13)(H,14,15). The predicted octanol–water partition coefficient (Wildman–Crippen LogP) is 2.31. The molecule has 2 N–H and O–H groups in total. The highest BCUT2D eigenvalue weighted by molar-refractivity contribution is 6.34. The Morgan fingerprint density at radius 1 is 1.40 bits per heavy atom. The van der Waals surface area contributed by atoms with Gasteiger partial charge in [-0.15, -0.1) is 0 Å². The fourth-order valence-electron chi connectivity index (χ4n) is 1.20. The summed E-state index contributed by atoms with van der Waals surface area (Å²) in [5.74, 6) is -1.29. The van der Waals surface area contributed by atoms with E-state index in [1.807, 2.05) is 0 Å². The topological polar surface area (TPSA) is 66.4 Å². The van der Waals surface area contributed by atoms with Gasteiger partial charge in [-0.2, -0.15) is 0 Å². The molecule has 0 bridgehead atoms. The molecule has 0 saturated heterocycles. The molecule has 0 aliphatic rings. The molecule has 0 aromatic heterocycles. The summed E-state index contributed by atoms with van der Waals surface area (Å²) in [5, 5.41) is 11.5. The number of rotatable bonds is 2. The minimum Gasteiger partial charge on any atom is -0.478 e. The zero-order valence-electron chi connectivity index (χ0n) is 8.30. The maximum atomic E-state index is 10.8. The first-order chi connectivity index (χ1) is 6.91. The molecule has 0 atom stereocenters. The van der Waals surface area contributed by atoms with E-state index < -0.39 is 5.97 Å². The van der Waals surface area contributed by atoms with Gasteiger partial charge in [-0.25, -0.2) is 4.79 Å². The lowest BCUT2D eigenvalue weighted by molar-refractivity contribution is -0.114. The molecule has 0 aliphatic heterocycles. The SMILES string of the molecule is CC(=O)Nc1cc(C)c(C(=O)O)cc1Cl. The van der Waals surface area contributed by atoms with Crippen molar-refractivity contribution in [3.8, 4) is 0 Å². The van der Waals surface area contributed by atoms with Crippen LogP contribution in [0.4, 0.5) is 5.69 Å². The van der Waals surface area contributed by atoms with E-state index in [0.717, 1.165) is 0 Å². The van der Waals surface area contributed by atoms with Gasteiger partial charge in [-0.05, 0) is 24.6 Å². The third-order valence-electron chi connectivity index (χ3n) is 1.86. The van der Waals surface area contributed by atoms with Crippen LogP contribution in [-0.4, -0.2) is 17.0 Å². The highest BCUT2D eigenvalue weighted by atomic mass is 35.5. The van der Waals surface area contributed by atoms with Crippen molar-refractivity contribution in [2.75, 3.05) is 5.32 Å². The molecule has 0 spiro atoms. The minimum atomic E-state index is -1.04. The monoisotopic (exact) mass is 227 g/mol. The molecule has 1 rings (SSSR count). The Balaban J connectivity index is 3.19. The van der Waals surface area contributed by atoms with Gasteiger partial charge in [-0.3, -0.25) is 4.79 Å². The Kier molecular flexibility index (Phi) is 3.31. The normalized spacial score (nSPS) is 9.80. The van der Waals surface area contributed by atoms with E-state index in [4.69, 9.17) is 16.7 Å². The molecule has 4 nitrogen and oxygen atoms in total. The number of carbonyl (C=O) groups is 2. The van der Waals surface area contributed by atoms with E-state index in [9.17, 15) is 9.59 Å². The van der Waals surface area contributed by atoms with E-state index >= 15 is 0 Å². The van der Waals surface area contributed by atoms with Gasteiger partial charge in [0.2, 0.25) is 5.91 Å². The van der Waals surface area contributed by atoms with Crippen LogP contribution in [0, 0.1) is 6.92 Å². The van der Waals surface area contributed by atoms with Crippen LogP contribution in [0.15, 0.2) is 12.1 Å². The summed E-state index contributed by atoms with van der Waals surface area (Å²) in [4.78, 5) is 21.6. The molecule has 0 unspecified atom stereocenters. The lowest BCUT2D eigenvalue weighted by Gasteiger charge is -2.08. The number of aryl methyl sites for hydroxylation is 1. The first-order valence-corrected chi connectivity index (χ1v) is 4.60. The summed E-state index contributed by atoms with van der Waals surface area (Å²) in [7, 11) is 0. The van der Waals surface area contributed by atoms with Gasteiger partial charge in [0.15, 0.2) is 0 Å². The molecule has 15 heavy (non-hydrogen) atoms. The maximum Gasteiger partial charge on any atom is 0.336 e. The van der Waals surface area contributed by atoms with Crippen molar-refractivity contribution in [2.24, 2.45) is 0 Å². The molecule has 1 aromatic carbocycles. The van der Waals surface area contributed by atoms with E-state index in [-0.39, 0.29) is 16.5 Å². The van der Waals surface area contributed by atoms with Crippen LogP contribution in [0.1, 0.15) is 22.8 Å². The number of halogens is 1. The van der Waals surface area contributed by atoms with Crippen molar-refractivity contribution in [3.05, 3.63) is 28.3 Å². The number of hydrogen-bond donors (Lipinski definition) is 2. The molecule has 0 heterocycles. The van der Waals surface area contributed by atoms with Crippen LogP contribution in [0.25, 0.3) is 0 Å². The van der Waals surface area contributed by atoms with Crippen molar-refractivity contribution in [1.82, 2.24) is 0 Å². The Bertz CT molecular complexity index is 429. The Morgan fingerprint density at radius 2 is 2.00 bits per heavy atom. The van der Waals surface area contributed by atoms with E-state index in [1.165, 1.54) is 19.1 Å². The first kappa shape index (κ1) is 11.5. The number of carboxylic acids is 1. The summed E-state index contributed by atoms with van der Waals surface area (Å²) in [5.41, 5.74) is 1.11. The summed E-state index contributed by atoms with van der Waals surface area (Å²) in [6, 6.07) is 2.86. The van der Waals surface area contributed by atoms with Crippen LogP contribution in [0.3, 0.4) is 0 Å². The molecule has 1 aromatic rings. The van der Waals surface area contributed by atoms with Crippen LogP contribution in [0.5, 0.6) is 0 Å². The average molecular weight is 228 g/mol. The van der Waals surface area contributed by atoms with Gasteiger partial charge in [0.05, 0.1) is 16.3 Å². The van der Waals surface area contributed by atoms with E-state index in [2.05, 4.69) is 5.32 Å². The Hall–Kier alpha value is -1.55. The third kappa shape index (κ3) is 2.70. The molecule has 0 aliphatic carbocycles. The largest absolute Gasteiger partial charge is 0.478 e. The molecular weight excluding hydrogens is 218 g/mol. The number of aromatic carboxylic acids is 1. The molecule has 0 radical (unpaired) electrons. The Morgan fingerprint density at radius 3 is 2.47 bits per heavy atom. The summed E-state index contributed by atoms with van der Waals surface area (Å²) >= 11 is 5.81. The molecule has 0 fully saturated rings. The first-order valence-electron chi connectivity index (χ1n) is 4.23. The Labute approximate surface area is 91.9 Å². The number of hydrogen-bond acceptors (Lipinski definition) is 2. The van der Waals surface area contributed by atoms with Crippen LogP contribution in [0.2, 0.25) is 5.02 Å². The van der Waals surface area contributed by atoms with Crippen LogP contribution in [-0.2, 0) is 4.79 Å². The summed E-state index contributed by atoms with van der Waals surface area (Å²) in [6.07, 6.45) is 0. The minimum absolute atomic E-state index is 0.133. The highest BCUT2D eigenvalue weighted by Gasteiger charge is 2.11. The van der Waals surface area contributed by atoms with Gasteiger partial charge < -0.3 is 10.4 Å². The average Bonchev–Trinajstić information content (AvgIpc) is 2.09. The van der Waals surface area contributed by atoms with Crippen molar-refractivity contribution < 1.29 is 14.7 Å². The second kappa shape index (κ2) is 4.31. The van der Waals surface area contributed by atoms with E-state index in [1.54, 1.807) is 6.92 Å². The van der Waals surface area contributed by atoms with Crippen molar-refractivity contribution >= 4 is 29.2 Å². The van der Waals surface area contributed by atoms with Gasteiger partial charge in [0, 0.05) is 6.92 Å². The van der Waals surface area contributed by atoms with Crippen LogP contribution >= 0.6 is 11.6 Å². The molecule has 5 heteroatoms. The zero-order chi connectivity index (χ0) is 11.6. The molecule has 1 amide bonds.